The summed E-state index contributed by atoms with van der Waals surface area (Å²) >= 11 is 10.6. The highest BCUT2D eigenvalue weighted by Crippen LogP contribution is 2.32. The summed E-state index contributed by atoms with van der Waals surface area (Å²) in [6, 6.07) is 1.41. The van der Waals surface area contributed by atoms with Crippen LogP contribution in [0, 0.1) is 0 Å². The van der Waals surface area contributed by atoms with Crippen LogP contribution in [-0.4, -0.2) is 38.0 Å². The Kier molecular flexibility index (Phi) is 5.65. The van der Waals surface area contributed by atoms with Crippen LogP contribution in [0.25, 0.3) is 6.08 Å². The molecule has 1 amide bonds. The number of esters is 1. The van der Waals surface area contributed by atoms with Crippen molar-refractivity contribution >= 4 is 42.2 Å². The van der Waals surface area contributed by atoms with Gasteiger partial charge in [-0.1, -0.05) is 23.8 Å². The number of carbonyl (C=O) groups excluding carboxylic acids is 2. The van der Waals surface area contributed by atoms with E-state index in [0.29, 0.717) is 10.5 Å². The summed E-state index contributed by atoms with van der Waals surface area (Å²) in [5.74, 6) is -0.857. The minimum atomic E-state index is -0.565. The number of hydrogen-bond acceptors (Lipinski definition) is 4. The SMILES string of the molecule is CC=Cc1c(S)c(C(=O)OC)cc(C(=O)N(C)C)c1Cl. The second kappa shape index (κ2) is 6.81. The molecule has 0 spiro atoms. The van der Waals surface area contributed by atoms with Crippen LogP contribution in [0.15, 0.2) is 17.0 Å². The smallest absolute Gasteiger partial charge is 0.339 e. The first kappa shape index (κ1) is 16.6. The number of methoxy groups -OCH3 is 1. The zero-order valence-electron chi connectivity index (χ0n) is 11.7. The molecule has 6 heteroatoms. The van der Waals surface area contributed by atoms with E-state index in [2.05, 4.69) is 12.6 Å². The summed E-state index contributed by atoms with van der Waals surface area (Å²) in [6.45, 7) is 1.81. The molecule has 0 aliphatic carbocycles. The minimum absolute atomic E-state index is 0.207. The van der Waals surface area contributed by atoms with E-state index in [0.717, 1.165) is 0 Å². The molecule has 4 nitrogen and oxygen atoms in total. The molecule has 0 unspecified atom stereocenters. The molecule has 0 heterocycles. The maximum Gasteiger partial charge on any atom is 0.339 e. The number of halogens is 1. The average molecular weight is 314 g/mol. The summed E-state index contributed by atoms with van der Waals surface area (Å²) in [5, 5.41) is 0.263. The lowest BCUT2D eigenvalue weighted by molar-refractivity contribution is 0.0597. The Labute approximate surface area is 128 Å². The Bertz CT molecular complexity index is 582. The number of rotatable bonds is 3. The van der Waals surface area contributed by atoms with Gasteiger partial charge in [0.2, 0.25) is 0 Å². The number of benzene rings is 1. The fourth-order valence-corrected chi connectivity index (χ4v) is 2.35. The van der Waals surface area contributed by atoms with Crippen LogP contribution in [0.5, 0.6) is 0 Å². The highest BCUT2D eigenvalue weighted by molar-refractivity contribution is 7.80. The van der Waals surface area contributed by atoms with Crippen molar-refractivity contribution in [3.63, 3.8) is 0 Å². The molecule has 0 aromatic heterocycles. The van der Waals surface area contributed by atoms with E-state index in [1.165, 1.54) is 18.1 Å². The second-order valence-corrected chi connectivity index (χ2v) is 5.06. The Morgan fingerprint density at radius 3 is 2.40 bits per heavy atom. The van der Waals surface area contributed by atoms with Crippen LogP contribution < -0.4 is 0 Å². The van der Waals surface area contributed by atoms with Crippen LogP contribution >= 0.6 is 24.2 Å². The van der Waals surface area contributed by atoms with Crippen molar-refractivity contribution in [3.05, 3.63) is 33.9 Å². The zero-order chi connectivity index (χ0) is 15.4. The quantitative estimate of drug-likeness (QED) is 0.689. The number of nitrogens with zero attached hydrogens (tertiary/aromatic N) is 1. The first-order valence-electron chi connectivity index (χ1n) is 5.83. The standard InChI is InChI=1S/C14H16ClNO3S/c1-5-6-8-11(15)9(13(17)16(2)3)7-10(12(8)20)14(18)19-4/h5-7,20H,1-4H3. The molecule has 0 radical (unpaired) electrons. The fraction of sp³-hybridized carbons (Fsp3) is 0.286. The Morgan fingerprint density at radius 1 is 1.35 bits per heavy atom. The molecule has 0 aliphatic rings. The van der Waals surface area contributed by atoms with Crippen LogP contribution in [0.3, 0.4) is 0 Å². The largest absolute Gasteiger partial charge is 0.465 e. The molecular weight excluding hydrogens is 298 g/mol. The number of ether oxygens (including phenoxy) is 1. The van der Waals surface area contributed by atoms with E-state index < -0.39 is 5.97 Å². The lowest BCUT2D eigenvalue weighted by Gasteiger charge is -2.16. The molecule has 0 fully saturated rings. The van der Waals surface area contributed by atoms with Gasteiger partial charge in [0.1, 0.15) is 0 Å². The van der Waals surface area contributed by atoms with Gasteiger partial charge in [-0.3, -0.25) is 4.79 Å². The minimum Gasteiger partial charge on any atom is -0.465 e. The number of hydrogen-bond donors (Lipinski definition) is 1. The zero-order valence-corrected chi connectivity index (χ0v) is 13.4. The number of carbonyl (C=O) groups is 2. The molecule has 1 rings (SSSR count). The number of allylic oxidation sites excluding steroid dienone is 1. The first-order valence-corrected chi connectivity index (χ1v) is 6.65. The van der Waals surface area contributed by atoms with Gasteiger partial charge in [-0.15, -0.1) is 12.6 Å². The number of thiol groups is 1. The van der Waals surface area contributed by atoms with Crippen molar-refractivity contribution < 1.29 is 14.3 Å². The van der Waals surface area contributed by atoms with Crippen LogP contribution in [0.1, 0.15) is 33.2 Å². The van der Waals surface area contributed by atoms with Gasteiger partial charge in [0.15, 0.2) is 0 Å². The molecule has 0 bridgehead atoms. The monoisotopic (exact) mass is 313 g/mol. The summed E-state index contributed by atoms with van der Waals surface area (Å²) in [5.41, 5.74) is 0.965. The van der Waals surface area contributed by atoms with E-state index in [-0.39, 0.29) is 22.1 Å². The molecule has 0 saturated heterocycles. The lowest BCUT2D eigenvalue weighted by atomic mass is 10.0. The maximum atomic E-state index is 12.1. The highest BCUT2D eigenvalue weighted by atomic mass is 35.5. The van der Waals surface area contributed by atoms with Gasteiger partial charge < -0.3 is 9.64 Å². The van der Waals surface area contributed by atoms with E-state index >= 15 is 0 Å². The summed E-state index contributed by atoms with van der Waals surface area (Å²) in [7, 11) is 4.49. The molecule has 0 N–H and O–H groups in total. The van der Waals surface area contributed by atoms with E-state index in [1.807, 2.05) is 6.92 Å². The van der Waals surface area contributed by atoms with Crippen LogP contribution in [0.4, 0.5) is 0 Å². The van der Waals surface area contributed by atoms with Crippen molar-refractivity contribution in [2.24, 2.45) is 0 Å². The van der Waals surface area contributed by atoms with Gasteiger partial charge in [-0.2, -0.15) is 0 Å². The molecule has 108 valence electrons. The maximum absolute atomic E-state index is 12.1. The average Bonchev–Trinajstić information content (AvgIpc) is 2.42. The fourth-order valence-electron chi connectivity index (χ4n) is 1.65. The van der Waals surface area contributed by atoms with Crippen LogP contribution in [-0.2, 0) is 4.74 Å². The third kappa shape index (κ3) is 3.16. The third-order valence-corrected chi connectivity index (χ3v) is 3.54. The second-order valence-electron chi connectivity index (χ2n) is 4.24. The van der Waals surface area contributed by atoms with Crippen molar-refractivity contribution in [3.8, 4) is 0 Å². The van der Waals surface area contributed by atoms with E-state index in [1.54, 1.807) is 26.2 Å². The van der Waals surface area contributed by atoms with Crippen LogP contribution in [0.2, 0.25) is 5.02 Å². The summed E-state index contributed by atoms with van der Waals surface area (Å²) < 4.78 is 4.71. The highest BCUT2D eigenvalue weighted by Gasteiger charge is 2.22. The van der Waals surface area contributed by atoms with Crippen molar-refractivity contribution in [2.75, 3.05) is 21.2 Å². The molecule has 20 heavy (non-hydrogen) atoms. The normalized spacial score (nSPS) is 10.7. The van der Waals surface area contributed by atoms with E-state index in [9.17, 15) is 9.59 Å². The van der Waals surface area contributed by atoms with Gasteiger partial charge in [-0.05, 0) is 13.0 Å². The molecule has 0 saturated carbocycles. The van der Waals surface area contributed by atoms with Gasteiger partial charge >= 0.3 is 5.97 Å². The Morgan fingerprint density at radius 2 is 1.95 bits per heavy atom. The van der Waals surface area contributed by atoms with Gasteiger partial charge in [0.25, 0.3) is 5.91 Å². The van der Waals surface area contributed by atoms with Gasteiger partial charge in [0.05, 0.1) is 23.3 Å². The predicted octanol–water partition coefficient (Wildman–Crippen LogP) is 3.15. The molecule has 1 aromatic carbocycles. The molecular formula is C14H16ClNO3S. The van der Waals surface area contributed by atoms with Gasteiger partial charge in [0, 0.05) is 24.6 Å². The molecule has 1 aromatic rings. The topological polar surface area (TPSA) is 46.6 Å². The van der Waals surface area contributed by atoms with Crippen molar-refractivity contribution in [1.29, 1.82) is 0 Å². The van der Waals surface area contributed by atoms with E-state index in [4.69, 9.17) is 16.3 Å². The first-order chi connectivity index (χ1) is 9.34. The Hall–Kier alpha value is -1.46. The molecule has 0 aliphatic heterocycles. The predicted molar refractivity (Wildman–Crippen MR) is 82.8 cm³/mol. The van der Waals surface area contributed by atoms with Crippen molar-refractivity contribution in [2.45, 2.75) is 11.8 Å². The number of amides is 1. The Balaban J connectivity index is 3.65. The molecule has 0 atom stereocenters. The lowest BCUT2D eigenvalue weighted by Crippen LogP contribution is -2.23. The summed E-state index contributed by atoms with van der Waals surface area (Å²) in [6.07, 6.45) is 3.45. The van der Waals surface area contributed by atoms with Gasteiger partial charge in [-0.25, -0.2) is 4.79 Å². The van der Waals surface area contributed by atoms with Crippen molar-refractivity contribution in [1.82, 2.24) is 4.90 Å². The summed E-state index contributed by atoms with van der Waals surface area (Å²) in [4.78, 5) is 25.7. The third-order valence-electron chi connectivity index (χ3n) is 2.65.